The fourth-order valence-corrected chi connectivity index (χ4v) is 2.06. The Balaban J connectivity index is 1.71. The van der Waals surface area contributed by atoms with E-state index in [-0.39, 0.29) is 18.5 Å². The highest BCUT2D eigenvalue weighted by molar-refractivity contribution is 5.16. The Hall–Kier alpha value is -0.900. The number of ether oxygens (including phenoxy) is 3. The fourth-order valence-electron chi connectivity index (χ4n) is 2.06. The molecule has 1 aromatic carbocycles. The number of hydrogen-bond acceptors (Lipinski definition) is 3. The van der Waals surface area contributed by atoms with Gasteiger partial charge in [0.25, 0.3) is 0 Å². The van der Waals surface area contributed by atoms with Gasteiger partial charge in [0.1, 0.15) is 6.10 Å². The summed E-state index contributed by atoms with van der Waals surface area (Å²) in [5.41, 5.74) is 1.06. The summed E-state index contributed by atoms with van der Waals surface area (Å²) in [6, 6.07) is 10.00. The third kappa shape index (κ3) is 1.98. The van der Waals surface area contributed by atoms with Crippen LogP contribution in [0.1, 0.15) is 18.3 Å². The van der Waals surface area contributed by atoms with Crippen molar-refractivity contribution < 1.29 is 14.2 Å². The molecule has 2 saturated heterocycles. The minimum absolute atomic E-state index is 0.0706. The van der Waals surface area contributed by atoms with Crippen LogP contribution in [0, 0.1) is 6.42 Å². The zero-order valence-electron chi connectivity index (χ0n) is 8.96. The lowest BCUT2D eigenvalue weighted by Gasteiger charge is -2.38. The molecule has 0 aromatic heterocycles. The molecule has 1 unspecified atom stereocenters. The van der Waals surface area contributed by atoms with Crippen LogP contribution in [0.3, 0.4) is 0 Å². The van der Waals surface area contributed by atoms with Crippen LogP contribution in [0.4, 0.5) is 0 Å². The van der Waals surface area contributed by atoms with Crippen LogP contribution in [-0.4, -0.2) is 25.4 Å². The lowest BCUT2D eigenvalue weighted by molar-refractivity contribution is -0.271. The highest BCUT2D eigenvalue weighted by atomic mass is 16.7. The van der Waals surface area contributed by atoms with E-state index < -0.39 is 0 Å². The Kier molecular flexibility index (Phi) is 2.91. The van der Waals surface area contributed by atoms with E-state index >= 15 is 0 Å². The largest absolute Gasteiger partial charge is 0.372 e. The highest BCUT2D eigenvalue weighted by Crippen LogP contribution is 2.31. The predicted octanol–water partition coefficient (Wildman–Crippen LogP) is 1.97. The molecule has 3 nitrogen and oxygen atoms in total. The van der Waals surface area contributed by atoms with Gasteiger partial charge in [0.2, 0.25) is 0 Å². The topological polar surface area (TPSA) is 27.7 Å². The first-order valence-electron chi connectivity index (χ1n) is 5.58. The molecule has 0 spiro atoms. The van der Waals surface area contributed by atoms with Gasteiger partial charge in [0.15, 0.2) is 6.29 Å². The minimum atomic E-state index is -0.258. The van der Waals surface area contributed by atoms with Gasteiger partial charge in [-0.15, -0.1) is 0 Å². The maximum absolute atomic E-state index is 5.87. The van der Waals surface area contributed by atoms with Crippen LogP contribution in [-0.2, 0) is 14.2 Å². The average Bonchev–Trinajstić information content (AvgIpc) is 2.39. The zero-order valence-corrected chi connectivity index (χ0v) is 8.96. The van der Waals surface area contributed by atoms with Crippen molar-refractivity contribution in [2.45, 2.75) is 24.9 Å². The van der Waals surface area contributed by atoms with Crippen molar-refractivity contribution in [2.75, 3.05) is 13.2 Å². The molecule has 0 bridgehead atoms. The SMILES string of the molecule is [C]1CO[C@@H]2COC(c3ccccc3)O[C@H]2C1. The molecular formula is C13H14O3. The maximum atomic E-state index is 5.87. The van der Waals surface area contributed by atoms with Crippen molar-refractivity contribution in [1.82, 2.24) is 0 Å². The van der Waals surface area contributed by atoms with Crippen molar-refractivity contribution in [3.63, 3.8) is 0 Å². The summed E-state index contributed by atoms with van der Waals surface area (Å²) in [6.45, 7) is 1.19. The average molecular weight is 218 g/mol. The molecule has 3 rings (SSSR count). The molecule has 0 amide bonds. The summed E-state index contributed by atoms with van der Waals surface area (Å²) >= 11 is 0. The van der Waals surface area contributed by atoms with Gasteiger partial charge >= 0.3 is 0 Å². The van der Waals surface area contributed by atoms with Crippen LogP contribution >= 0.6 is 0 Å². The normalized spacial score (nSPS) is 34.4. The molecule has 2 radical (unpaired) electrons. The van der Waals surface area contributed by atoms with Crippen molar-refractivity contribution >= 4 is 0 Å². The fraction of sp³-hybridized carbons (Fsp3) is 0.462. The molecule has 0 aliphatic carbocycles. The van der Waals surface area contributed by atoms with Gasteiger partial charge in [0.05, 0.1) is 19.3 Å². The maximum Gasteiger partial charge on any atom is 0.184 e. The minimum Gasteiger partial charge on any atom is -0.372 e. The zero-order chi connectivity index (χ0) is 10.8. The first kappa shape index (κ1) is 10.3. The van der Waals surface area contributed by atoms with Crippen LogP contribution in [0.2, 0.25) is 0 Å². The molecule has 2 aliphatic heterocycles. The van der Waals surface area contributed by atoms with Crippen molar-refractivity contribution in [1.29, 1.82) is 0 Å². The van der Waals surface area contributed by atoms with Crippen LogP contribution in [0.5, 0.6) is 0 Å². The summed E-state index contributed by atoms with van der Waals surface area (Å²) in [5.74, 6) is 0. The van der Waals surface area contributed by atoms with Gasteiger partial charge in [-0.05, 0) is 6.42 Å². The standard InChI is InChI=1S/C13H14O3/c1-2-5-10(6-3-1)13-15-9-12-11(16-13)7-4-8-14-12/h1-3,5-6,11-13H,7-9H2/t11-,12+,13?/m0/s1. The van der Waals surface area contributed by atoms with E-state index in [1.165, 1.54) is 0 Å². The highest BCUT2D eigenvalue weighted by Gasteiger charge is 2.35. The number of hydrogen-bond donors (Lipinski definition) is 0. The Morgan fingerprint density at radius 1 is 1.06 bits per heavy atom. The lowest BCUT2D eigenvalue weighted by Crippen LogP contribution is -2.45. The molecular weight excluding hydrogens is 204 g/mol. The molecule has 2 heterocycles. The molecule has 2 fully saturated rings. The van der Waals surface area contributed by atoms with E-state index in [1.807, 2.05) is 30.3 Å². The van der Waals surface area contributed by atoms with Crippen LogP contribution < -0.4 is 0 Å². The van der Waals surface area contributed by atoms with Gasteiger partial charge < -0.3 is 14.2 Å². The van der Waals surface area contributed by atoms with Crippen LogP contribution in [0.25, 0.3) is 0 Å². The first-order chi connectivity index (χ1) is 7.93. The second kappa shape index (κ2) is 4.53. The third-order valence-corrected chi connectivity index (χ3v) is 2.94. The Labute approximate surface area is 95.3 Å². The van der Waals surface area contributed by atoms with E-state index in [0.29, 0.717) is 13.2 Å². The van der Waals surface area contributed by atoms with E-state index in [9.17, 15) is 0 Å². The molecule has 3 heteroatoms. The lowest BCUT2D eigenvalue weighted by atomic mass is 10.0. The van der Waals surface area contributed by atoms with E-state index in [4.69, 9.17) is 14.2 Å². The summed E-state index contributed by atoms with van der Waals surface area (Å²) in [4.78, 5) is 0. The smallest absolute Gasteiger partial charge is 0.184 e. The van der Waals surface area contributed by atoms with Crippen molar-refractivity contribution in [2.24, 2.45) is 0 Å². The molecule has 0 N–H and O–H groups in total. The number of benzene rings is 1. The van der Waals surface area contributed by atoms with Gasteiger partial charge in [-0.25, -0.2) is 0 Å². The van der Waals surface area contributed by atoms with Gasteiger partial charge in [-0.3, -0.25) is 0 Å². The monoisotopic (exact) mass is 218 g/mol. The van der Waals surface area contributed by atoms with E-state index in [2.05, 4.69) is 6.42 Å². The van der Waals surface area contributed by atoms with Crippen molar-refractivity contribution in [3.05, 3.63) is 42.3 Å². The second-order valence-electron chi connectivity index (χ2n) is 4.05. The molecule has 3 atom stereocenters. The molecule has 16 heavy (non-hydrogen) atoms. The quantitative estimate of drug-likeness (QED) is 0.721. The van der Waals surface area contributed by atoms with Crippen molar-refractivity contribution in [3.8, 4) is 0 Å². The number of fused-ring (bicyclic) bond motifs is 1. The summed E-state index contributed by atoms with van der Waals surface area (Å²) in [5, 5.41) is 0. The summed E-state index contributed by atoms with van der Waals surface area (Å²) in [6.07, 6.45) is 3.89. The Bertz CT molecular complexity index is 338. The molecule has 84 valence electrons. The van der Waals surface area contributed by atoms with Gasteiger partial charge in [-0.2, -0.15) is 0 Å². The first-order valence-corrected chi connectivity index (χ1v) is 5.58. The summed E-state index contributed by atoms with van der Waals surface area (Å²) in [7, 11) is 0. The molecule has 1 aromatic rings. The third-order valence-electron chi connectivity index (χ3n) is 2.94. The van der Waals surface area contributed by atoms with Crippen LogP contribution in [0.15, 0.2) is 30.3 Å². The van der Waals surface area contributed by atoms with Gasteiger partial charge in [-0.1, -0.05) is 30.3 Å². The van der Waals surface area contributed by atoms with E-state index in [1.54, 1.807) is 0 Å². The van der Waals surface area contributed by atoms with Gasteiger partial charge in [0, 0.05) is 12.0 Å². The predicted molar refractivity (Wildman–Crippen MR) is 57.6 cm³/mol. The second-order valence-corrected chi connectivity index (χ2v) is 4.05. The van der Waals surface area contributed by atoms with E-state index in [0.717, 1.165) is 12.0 Å². The Morgan fingerprint density at radius 2 is 1.94 bits per heavy atom. The number of rotatable bonds is 1. The molecule has 0 saturated carbocycles. The Morgan fingerprint density at radius 3 is 2.81 bits per heavy atom. The summed E-state index contributed by atoms with van der Waals surface area (Å²) < 4.78 is 17.0. The molecule has 2 aliphatic rings.